The smallest absolute Gasteiger partial charge is 0.269 e. The average Bonchev–Trinajstić information content (AvgIpc) is 2.57. The lowest BCUT2D eigenvalue weighted by Crippen LogP contribution is -2.35. The van der Waals surface area contributed by atoms with E-state index in [2.05, 4.69) is 5.32 Å². The summed E-state index contributed by atoms with van der Waals surface area (Å²) in [6.45, 7) is 0.607. The van der Waals surface area contributed by atoms with E-state index in [1.807, 2.05) is 36.4 Å². The molecule has 1 aromatic heterocycles. The Kier molecular flexibility index (Phi) is 5.67. The summed E-state index contributed by atoms with van der Waals surface area (Å²) in [5, 5.41) is 11.7. The van der Waals surface area contributed by atoms with Crippen molar-refractivity contribution < 1.29 is 9.53 Å². The number of nitrogens with one attached hydrogen (secondary N) is 1. The summed E-state index contributed by atoms with van der Waals surface area (Å²) in [6.07, 6.45) is 0. The van der Waals surface area contributed by atoms with Gasteiger partial charge in [-0.1, -0.05) is 30.3 Å². The van der Waals surface area contributed by atoms with Gasteiger partial charge in [0.05, 0.1) is 12.3 Å². The molecular weight excluding hydrogens is 294 g/mol. The minimum atomic E-state index is -0.476. The molecule has 0 saturated heterocycles. The molecule has 0 aliphatic carbocycles. The summed E-state index contributed by atoms with van der Waals surface area (Å²) in [4.78, 5) is 24.4. The van der Waals surface area contributed by atoms with Gasteiger partial charge in [0.1, 0.15) is 18.2 Å². The number of pyridine rings is 1. The Bertz CT molecular complexity index is 776. The van der Waals surface area contributed by atoms with E-state index in [-0.39, 0.29) is 18.0 Å². The van der Waals surface area contributed by atoms with Crippen molar-refractivity contribution in [1.82, 2.24) is 9.88 Å². The molecule has 0 saturated carbocycles. The highest BCUT2D eigenvalue weighted by Gasteiger charge is 2.13. The van der Waals surface area contributed by atoms with Crippen LogP contribution >= 0.6 is 0 Å². The van der Waals surface area contributed by atoms with E-state index in [1.165, 1.54) is 10.6 Å². The number of methoxy groups -OCH3 is 1. The van der Waals surface area contributed by atoms with Crippen molar-refractivity contribution in [2.24, 2.45) is 0 Å². The van der Waals surface area contributed by atoms with Gasteiger partial charge in [0, 0.05) is 13.7 Å². The number of hydrogen-bond acceptors (Lipinski definition) is 4. The van der Waals surface area contributed by atoms with Crippen LogP contribution in [0.5, 0.6) is 0 Å². The lowest BCUT2D eigenvalue weighted by molar-refractivity contribution is -0.121. The molecular formula is C17H17N3O3. The first-order chi connectivity index (χ1) is 11.2. The first-order valence-corrected chi connectivity index (χ1v) is 7.12. The molecule has 1 N–H and O–H groups in total. The normalized spacial score (nSPS) is 10.1. The number of nitrogens with zero attached hydrogens (tertiary/aromatic N) is 2. The minimum absolute atomic E-state index is 0.00868. The molecule has 2 aromatic rings. The number of amides is 1. The maximum absolute atomic E-state index is 12.4. The second-order valence-corrected chi connectivity index (χ2v) is 4.84. The summed E-state index contributed by atoms with van der Waals surface area (Å²) in [6, 6.07) is 14.3. The third kappa shape index (κ3) is 4.05. The van der Waals surface area contributed by atoms with E-state index < -0.39 is 5.56 Å². The Balaban J connectivity index is 2.37. The van der Waals surface area contributed by atoms with E-state index in [9.17, 15) is 9.59 Å². The first kappa shape index (κ1) is 16.5. The van der Waals surface area contributed by atoms with Crippen molar-refractivity contribution in [1.29, 1.82) is 5.26 Å². The van der Waals surface area contributed by atoms with Gasteiger partial charge in [-0.05, 0) is 17.7 Å². The number of aromatic nitrogens is 1. The molecule has 6 nitrogen and oxygen atoms in total. The number of ether oxygens (including phenoxy) is 1. The molecule has 0 unspecified atom stereocenters. The maximum atomic E-state index is 12.4. The predicted octanol–water partition coefficient (Wildman–Crippen LogP) is 1.15. The van der Waals surface area contributed by atoms with Gasteiger partial charge in [-0.25, -0.2) is 0 Å². The van der Waals surface area contributed by atoms with Crippen molar-refractivity contribution >= 4 is 5.91 Å². The topological polar surface area (TPSA) is 84.1 Å². The molecule has 0 atom stereocenters. The van der Waals surface area contributed by atoms with E-state index in [4.69, 9.17) is 10.00 Å². The molecule has 0 spiro atoms. The van der Waals surface area contributed by atoms with Crippen molar-refractivity contribution in [3.63, 3.8) is 0 Å². The van der Waals surface area contributed by atoms with Crippen LogP contribution in [0, 0.1) is 11.3 Å². The number of rotatable bonds is 6. The van der Waals surface area contributed by atoms with E-state index in [0.717, 1.165) is 5.56 Å². The van der Waals surface area contributed by atoms with Gasteiger partial charge in [-0.3, -0.25) is 14.2 Å². The number of carbonyl (C=O) groups excluding carboxylic acids is 1. The first-order valence-electron chi connectivity index (χ1n) is 7.12. The molecule has 23 heavy (non-hydrogen) atoms. The Hall–Kier alpha value is -2.91. The quantitative estimate of drug-likeness (QED) is 0.811. The standard InChI is InChI=1S/C17H17N3O3/c1-23-10-9-19-16(21)12-20-15(13-5-3-2-4-6-13)8-7-14(11-18)17(20)22/h2-8H,9-10,12H2,1H3,(H,19,21). The van der Waals surface area contributed by atoms with E-state index >= 15 is 0 Å². The number of hydrogen-bond donors (Lipinski definition) is 1. The van der Waals surface area contributed by atoms with Crippen molar-refractivity contribution in [3.05, 3.63) is 58.4 Å². The molecule has 0 fully saturated rings. The van der Waals surface area contributed by atoms with Crippen LogP contribution in [-0.4, -0.2) is 30.7 Å². The van der Waals surface area contributed by atoms with Gasteiger partial charge in [0.25, 0.3) is 5.56 Å². The summed E-state index contributed by atoms with van der Waals surface area (Å²) in [5.41, 5.74) is 0.931. The van der Waals surface area contributed by atoms with Crippen LogP contribution in [0.4, 0.5) is 0 Å². The molecule has 1 heterocycles. The fourth-order valence-electron chi connectivity index (χ4n) is 2.17. The van der Waals surface area contributed by atoms with Gasteiger partial charge >= 0.3 is 0 Å². The molecule has 0 aliphatic heterocycles. The molecule has 1 aromatic carbocycles. The molecule has 118 valence electrons. The van der Waals surface area contributed by atoms with Crippen LogP contribution in [0.2, 0.25) is 0 Å². The van der Waals surface area contributed by atoms with Crippen LogP contribution in [0.1, 0.15) is 5.56 Å². The van der Waals surface area contributed by atoms with Crippen LogP contribution in [-0.2, 0) is 16.1 Å². The Morgan fingerprint density at radius 3 is 2.65 bits per heavy atom. The number of nitriles is 1. The Morgan fingerprint density at radius 1 is 1.26 bits per heavy atom. The zero-order valence-electron chi connectivity index (χ0n) is 12.8. The third-order valence-corrected chi connectivity index (χ3v) is 3.29. The second-order valence-electron chi connectivity index (χ2n) is 4.84. The maximum Gasteiger partial charge on any atom is 0.269 e. The van der Waals surface area contributed by atoms with Gasteiger partial charge in [0.2, 0.25) is 5.91 Å². The van der Waals surface area contributed by atoms with Crippen LogP contribution in [0.15, 0.2) is 47.3 Å². The van der Waals surface area contributed by atoms with Crippen LogP contribution in [0.25, 0.3) is 11.3 Å². The molecule has 0 radical (unpaired) electrons. The summed E-state index contributed by atoms with van der Waals surface area (Å²) in [7, 11) is 1.54. The van der Waals surface area contributed by atoms with Crippen molar-refractivity contribution in [3.8, 4) is 17.3 Å². The highest BCUT2D eigenvalue weighted by Crippen LogP contribution is 2.17. The molecule has 0 aliphatic rings. The predicted molar refractivity (Wildman–Crippen MR) is 85.7 cm³/mol. The summed E-state index contributed by atoms with van der Waals surface area (Å²) >= 11 is 0. The summed E-state index contributed by atoms with van der Waals surface area (Å²) < 4.78 is 6.18. The van der Waals surface area contributed by atoms with Crippen molar-refractivity contribution in [2.75, 3.05) is 20.3 Å². The lowest BCUT2D eigenvalue weighted by atomic mass is 10.1. The monoisotopic (exact) mass is 311 g/mol. The zero-order valence-corrected chi connectivity index (χ0v) is 12.8. The van der Waals surface area contributed by atoms with Gasteiger partial charge in [0.15, 0.2) is 0 Å². The Labute approximate surface area is 133 Å². The van der Waals surface area contributed by atoms with Gasteiger partial charge < -0.3 is 10.1 Å². The Morgan fingerprint density at radius 2 is 2.00 bits per heavy atom. The highest BCUT2D eigenvalue weighted by molar-refractivity contribution is 5.76. The summed E-state index contributed by atoms with van der Waals surface area (Å²) in [5.74, 6) is -0.309. The number of benzene rings is 1. The van der Waals surface area contributed by atoms with E-state index in [0.29, 0.717) is 18.8 Å². The largest absolute Gasteiger partial charge is 0.383 e. The van der Waals surface area contributed by atoms with Crippen LogP contribution in [0.3, 0.4) is 0 Å². The third-order valence-electron chi connectivity index (χ3n) is 3.29. The second kappa shape index (κ2) is 7.92. The average molecular weight is 311 g/mol. The molecule has 2 rings (SSSR count). The SMILES string of the molecule is COCCNC(=O)Cn1c(-c2ccccc2)ccc(C#N)c1=O. The highest BCUT2D eigenvalue weighted by atomic mass is 16.5. The van der Waals surface area contributed by atoms with Crippen LogP contribution < -0.4 is 10.9 Å². The van der Waals surface area contributed by atoms with Gasteiger partial charge in [-0.2, -0.15) is 5.26 Å². The van der Waals surface area contributed by atoms with Gasteiger partial charge in [-0.15, -0.1) is 0 Å². The van der Waals surface area contributed by atoms with E-state index in [1.54, 1.807) is 13.2 Å². The molecule has 1 amide bonds. The number of carbonyl (C=O) groups is 1. The minimum Gasteiger partial charge on any atom is -0.383 e. The fraction of sp³-hybridized carbons (Fsp3) is 0.235. The fourth-order valence-corrected chi connectivity index (χ4v) is 2.17. The van der Waals surface area contributed by atoms with Crippen molar-refractivity contribution in [2.45, 2.75) is 6.54 Å². The molecule has 0 bridgehead atoms. The zero-order chi connectivity index (χ0) is 16.7. The molecule has 6 heteroatoms. The lowest BCUT2D eigenvalue weighted by Gasteiger charge is -2.13.